The molecule has 0 heterocycles. The predicted molar refractivity (Wildman–Crippen MR) is 101 cm³/mol. The van der Waals surface area contributed by atoms with Crippen LogP contribution in [0.1, 0.15) is 0 Å². The second-order valence-corrected chi connectivity index (χ2v) is 8.73. The minimum absolute atomic E-state index is 0.0285. The molecule has 0 aromatic heterocycles. The zero-order valence-corrected chi connectivity index (χ0v) is 17.5. The standard InChI is InChI=1S/C16H26O10S2/c1-27(17,18)25-13-9-21-7-11-23-15-3-5-16(6-4-15)24-12-8-22-10-14-26-28(2,19)20/h3-6H,7-14H2,1-2H3. The Morgan fingerprint density at radius 2 is 0.893 bits per heavy atom. The van der Waals surface area contributed by atoms with Gasteiger partial charge in [-0.25, -0.2) is 0 Å². The van der Waals surface area contributed by atoms with Crippen LogP contribution in [0, 0.1) is 0 Å². The molecule has 0 amide bonds. The van der Waals surface area contributed by atoms with Gasteiger partial charge in [-0.3, -0.25) is 8.37 Å². The largest absolute Gasteiger partial charge is 0.491 e. The molecular formula is C16H26O10S2. The van der Waals surface area contributed by atoms with Crippen LogP contribution in [0.3, 0.4) is 0 Å². The van der Waals surface area contributed by atoms with Crippen LogP contribution in [0.5, 0.6) is 11.5 Å². The second-order valence-electron chi connectivity index (χ2n) is 5.45. The van der Waals surface area contributed by atoms with Crippen LogP contribution in [0.4, 0.5) is 0 Å². The Hall–Kier alpha value is -1.44. The first-order valence-corrected chi connectivity index (χ1v) is 12.0. The van der Waals surface area contributed by atoms with E-state index in [9.17, 15) is 16.8 Å². The normalized spacial score (nSPS) is 12.1. The molecule has 0 aliphatic heterocycles. The van der Waals surface area contributed by atoms with Crippen molar-refractivity contribution < 1.29 is 44.1 Å². The first-order chi connectivity index (χ1) is 13.2. The third kappa shape index (κ3) is 14.6. The van der Waals surface area contributed by atoms with Gasteiger partial charge in [0.1, 0.15) is 24.7 Å². The molecule has 0 spiro atoms. The van der Waals surface area contributed by atoms with Crippen LogP contribution >= 0.6 is 0 Å². The number of rotatable bonds is 16. The van der Waals surface area contributed by atoms with Crippen LogP contribution < -0.4 is 9.47 Å². The van der Waals surface area contributed by atoms with Crippen LogP contribution in [-0.4, -0.2) is 82.2 Å². The highest BCUT2D eigenvalue weighted by Crippen LogP contribution is 2.17. The molecule has 1 rings (SSSR count). The zero-order chi connectivity index (χ0) is 20.9. The van der Waals surface area contributed by atoms with Crippen molar-refractivity contribution in [3.8, 4) is 11.5 Å². The van der Waals surface area contributed by atoms with Gasteiger partial charge in [-0.1, -0.05) is 0 Å². The number of benzene rings is 1. The van der Waals surface area contributed by atoms with Crippen molar-refractivity contribution in [1.29, 1.82) is 0 Å². The fourth-order valence-electron chi connectivity index (χ4n) is 1.76. The summed E-state index contributed by atoms with van der Waals surface area (Å²) >= 11 is 0. The monoisotopic (exact) mass is 442 g/mol. The zero-order valence-electron chi connectivity index (χ0n) is 15.9. The second kappa shape index (κ2) is 12.9. The first-order valence-electron chi connectivity index (χ1n) is 8.36. The smallest absolute Gasteiger partial charge is 0.264 e. The van der Waals surface area contributed by atoms with Crippen molar-refractivity contribution in [3.05, 3.63) is 24.3 Å². The molecular weight excluding hydrogens is 416 g/mol. The average molecular weight is 443 g/mol. The molecule has 1 aromatic rings. The van der Waals surface area contributed by atoms with Gasteiger partial charge in [0.25, 0.3) is 20.2 Å². The third-order valence-corrected chi connectivity index (χ3v) is 4.06. The van der Waals surface area contributed by atoms with Gasteiger partial charge in [-0.15, -0.1) is 0 Å². The molecule has 0 bridgehead atoms. The molecule has 0 unspecified atom stereocenters. The maximum Gasteiger partial charge on any atom is 0.264 e. The molecule has 0 atom stereocenters. The molecule has 12 heteroatoms. The molecule has 0 aliphatic carbocycles. The Labute approximate surface area is 165 Å². The Morgan fingerprint density at radius 3 is 1.21 bits per heavy atom. The lowest BCUT2D eigenvalue weighted by atomic mass is 10.3. The summed E-state index contributed by atoms with van der Waals surface area (Å²) < 4.78 is 73.4. The lowest BCUT2D eigenvalue weighted by Crippen LogP contribution is -2.13. The maximum absolute atomic E-state index is 10.7. The van der Waals surface area contributed by atoms with E-state index in [4.69, 9.17) is 18.9 Å². The molecule has 162 valence electrons. The van der Waals surface area contributed by atoms with Gasteiger partial charge < -0.3 is 18.9 Å². The molecule has 0 saturated heterocycles. The van der Waals surface area contributed by atoms with Crippen molar-refractivity contribution in [2.75, 3.05) is 65.4 Å². The summed E-state index contributed by atoms with van der Waals surface area (Å²) in [5.41, 5.74) is 0. The number of hydrogen-bond acceptors (Lipinski definition) is 10. The van der Waals surface area contributed by atoms with Gasteiger partial charge >= 0.3 is 0 Å². The lowest BCUT2D eigenvalue weighted by Gasteiger charge is -2.09. The van der Waals surface area contributed by atoms with Gasteiger partial charge in [-0.05, 0) is 24.3 Å². The van der Waals surface area contributed by atoms with E-state index in [1.807, 2.05) is 0 Å². The summed E-state index contributed by atoms with van der Waals surface area (Å²) in [6.45, 7) is 1.47. The Bertz CT molecular complexity index is 679. The molecule has 10 nitrogen and oxygen atoms in total. The Balaban J connectivity index is 2.06. The summed E-state index contributed by atoms with van der Waals surface area (Å²) in [5, 5.41) is 0. The first kappa shape index (κ1) is 24.6. The molecule has 28 heavy (non-hydrogen) atoms. The molecule has 0 saturated carbocycles. The van der Waals surface area contributed by atoms with Crippen molar-refractivity contribution in [1.82, 2.24) is 0 Å². The highest BCUT2D eigenvalue weighted by atomic mass is 32.2. The quantitative estimate of drug-likeness (QED) is 0.263. The van der Waals surface area contributed by atoms with Crippen molar-refractivity contribution >= 4 is 20.2 Å². The van der Waals surface area contributed by atoms with Gasteiger partial charge in [-0.2, -0.15) is 16.8 Å². The van der Waals surface area contributed by atoms with E-state index < -0.39 is 20.2 Å². The van der Waals surface area contributed by atoms with Crippen LogP contribution in [-0.2, 0) is 38.1 Å². The van der Waals surface area contributed by atoms with Crippen LogP contribution in [0.2, 0.25) is 0 Å². The number of ether oxygens (including phenoxy) is 4. The SMILES string of the molecule is CS(=O)(=O)OCCOCCOc1ccc(OCCOCCOS(C)(=O)=O)cc1. The molecule has 0 N–H and O–H groups in total. The van der Waals surface area contributed by atoms with Crippen molar-refractivity contribution in [2.24, 2.45) is 0 Å². The highest BCUT2D eigenvalue weighted by molar-refractivity contribution is 7.86. The van der Waals surface area contributed by atoms with E-state index in [0.29, 0.717) is 37.9 Å². The topological polar surface area (TPSA) is 124 Å². The summed E-state index contributed by atoms with van der Waals surface area (Å²) in [6.07, 6.45) is 1.96. The Kier molecular flexibility index (Phi) is 11.3. The molecule has 0 fully saturated rings. The minimum Gasteiger partial charge on any atom is -0.491 e. The fourth-order valence-corrected chi connectivity index (χ4v) is 2.50. The summed E-state index contributed by atoms with van der Waals surface area (Å²) in [5.74, 6) is 1.27. The highest BCUT2D eigenvalue weighted by Gasteiger charge is 2.02. The van der Waals surface area contributed by atoms with Crippen molar-refractivity contribution in [3.63, 3.8) is 0 Å². The van der Waals surface area contributed by atoms with E-state index in [0.717, 1.165) is 12.5 Å². The van der Waals surface area contributed by atoms with E-state index in [1.54, 1.807) is 24.3 Å². The van der Waals surface area contributed by atoms with Gasteiger partial charge in [0.05, 0.1) is 52.2 Å². The van der Waals surface area contributed by atoms with Gasteiger partial charge in [0.2, 0.25) is 0 Å². The minimum atomic E-state index is -3.44. The van der Waals surface area contributed by atoms with Gasteiger partial charge in [0.15, 0.2) is 0 Å². The molecule has 1 aromatic carbocycles. The molecule has 0 radical (unpaired) electrons. The van der Waals surface area contributed by atoms with Crippen molar-refractivity contribution in [2.45, 2.75) is 0 Å². The Morgan fingerprint density at radius 1 is 0.571 bits per heavy atom. The molecule has 0 aliphatic rings. The van der Waals surface area contributed by atoms with E-state index in [1.165, 1.54) is 0 Å². The predicted octanol–water partition coefficient (Wildman–Crippen LogP) is 0.430. The van der Waals surface area contributed by atoms with Crippen LogP contribution in [0.15, 0.2) is 24.3 Å². The lowest BCUT2D eigenvalue weighted by molar-refractivity contribution is 0.0772. The summed E-state index contributed by atoms with van der Waals surface area (Å²) in [4.78, 5) is 0. The van der Waals surface area contributed by atoms with E-state index >= 15 is 0 Å². The summed E-state index contributed by atoms with van der Waals surface area (Å²) in [6, 6.07) is 6.96. The summed E-state index contributed by atoms with van der Waals surface area (Å²) in [7, 11) is -6.88. The van der Waals surface area contributed by atoms with E-state index in [-0.39, 0.29) is 26.4 Å². The number of hydrogen-bond donors (Lipinski definition) is 0. The maximum atomic E-state index is 10.7. The fraction of sp³-hybridized carbons (Fsp3) is 0.625. The van der Waals surface area contributed by atoms with Crippen LogP contribution in [0.25, 0.3) is 0 Å². The third-order valence-electron chi connectivity index (χ3n) is 2.87. The average Bonchev–Trinajstić information content (AvgIpc) is 2.59. The van der Waals surface area contributed by atoms with Gasteiger partial charge in [0, 0.05) is 0 Å². The van der Waals surface area contributed by atoms with E-state index in [2.05, 4.69) is 8.37 Å².